The Kier molecular flexibility index (Phi) is 5.63. The fourth-order valence-electron chi connectivity index (χ4n) is 3.12. The van der Waals surface area contributed by atoms with E-state index >= 15 is 0 Å². The first-order valence-electron chi connectivity index (χ1n) is 8.36. The molecule has 0 saturated heterocycles. The van der Waals surface area contributed by atoms with Gasteiger partial charge in [-0.15, -0.1) is 11.3 Å². The van der Waals surface area contributed by atoms with Crippen molar-refractivity contribution in [3.05, 3.63) is 51.7 Å². The summed E-state index contributed by atoms with van der Waals surface area (Å²) in [6.45, 7) is 3.05. The summed E-state index contributed by atoms with van der Waals surface area (Å²) in [6, 6.07) is 5.44. The fraction of sp³-hybridized carbons (Fsp3) is 0.333. The number of carbonyl (C=O) groups is 2. The highest BCUT2D eigenvalue weighted by atomic mass is 32.1. The molecule has 1 aromatic heterocycles. The van der Waals surface area contributed by atoms with E-state index < -0.39 is 17.5 Å². The first-order chi connectivity index (χ1) is 12.4. The lowest BCUT2D eigenvalue weighted by atomic mass is 10.0. The van der Waals surface area contributed by atoms with Gasteiger partial charge in [0, 0.05) is 28.6 Å². The molecule has 138 valence electrons. The third-order valence-corrected chi connectivity index (χ3v) is 5.57. The Morgan fingerprint density at radius 3 is 2.81 bits per heavy atom. The number of rotatable bonds is 5. The minimum atomic E-state index is -1.04. The molecule has 0 bridgehead atoms. The summed E-state index contributed by atoms with van der Waals surface area (Å²) in [6.07, 6.45) is 0.955. The number of amides is 2. The summed E-state index contributed by atoms with van der Waals surface area (Å²) in [5, 5.41) is 7.08. The van der Waals surface area contributed by atoms with Crippen LogP contribution in [-0.4, -0.2) is 31.4 Å². The number of thiophene rings is 1. The number of benzene rings is 1. The van der Waals surface area contributed by atoms with E-state index in [0.29, 0.717) is 0 Å². The predicted octanol–water partition coefficient (Wildman–Crippen LogP) is 1.28. The van der Waals surface area contributed by atoms with Crippen LogP contribution in [0.2, 0.25) is 0 Å². The van der Waals surface area contributed by atoms with Crippen molar-refractivity contribution in [2.75, 3.05) is 25.0 Å². The smallest absolute Gasteiger partial charge is 0.275 e. The molecule has 2 aromatic rings. The second kappa shape index (κ2) is 7.92. The van der Waals surface area contributed by atoms with Crippen molar-refractivity contribution in [2.24, 2.45) is 0 Å². The number of anilines is 1. The number of hydrogen-bond acceptors (Lipinski definition) is 3. The van der Waals surface area contributed by atoms with Gasteiger partial charge < -0.3 is 15.5 Å². The summed E-state index contributed by atoms with van der Waals surface area (Å²) in [4.78, 5) is 26.5. The van der Waals surface area contributed by atoms with E-state index in [0.717, 1.165) is 30.0 Å². The van der Waals surface area contributed by atoms with Gasteiger partial charge in [0.05, 0.1) is 13.1 Å². The monoisotopic (exact) mass is 380 g/mol. The molecule has 2 heterocycles. The molecule has 1 aromatic carbocycles. The Morgan fingerprint density at radius 2 is 2.04 bits per heavy atom. The van der Waals surface area contributed by atoms with E-state index in [2.05, 4.69) is 29.0 Å². The van der Waals surface area contributed by atoms with Crippen molar-refractivity contribution in [1.29, 1.82) is 0 Å². The molecule has 0 fully saturated rings. The highest BCUT2D eigenvalue weighted by molar-refractivity contribution is 7.10. The molecule has 0 saturated carbocycles. The second-order valence-corrected chi connectivity index (χ2v) is 7.31. The lowest BCUT2D eigenvalue weighted by Gasteiger charge is -2.29. The van der Waals surface area contributed by atoms with Gasteiger partial charge in [-0.05, 0) is 30.5 Å². The average Bonchev–Trinajstić information content (AvgIpc) is 3.08. The number of hydrogen-bond donors (Lipinski definition) is 3. The highest BCUT2D eigenvalue weighted by Gasteiger charge is 2.29. The molecule has 0 aliphatic carbocycles. The van der Waals surface area contributed by atoms with Gasteiger partial charge in [-0.3, -0.25) is 9.59 Å². The molecule has 1 unspecified atom stereocenters. The predicted molar refractivity (Wildman–Crippen MR) is 95.1 cm³/mol. The third kappa shape index (κ3) is 4.25. The van der Waals surface area contributed by atoms with Crippen LogP contribution in [0.3, 0.4) is 0 Å². The summed E-state index contributed by atoms with van der Waals surface area (Å²) >= 11 is 1.75. The van der Waals surface area contributed by atoms with Gasteiger partial charge in [-0.2, -0.15) is 0 Å². The molecule has 2 atom stereocenters. The molecule has 5 nitrogen and oxygen atoms in total. The van der Waals surface area contributed by atoms with Crippen molar-refractivity contribution in [3.63, 3.8) is 0 Å². The van der Waals surface area contributed by atoms with Crippen LogP contribution in [0, 0.1) is 11.6 Å². The van der Waals surface area contributed by atoms with Crippen LogP contribution in [-0.2, 0) is 16.0 Å². The SMILES string of the molecule is C[C@@H]1c2ccsc2CC[NH+]1CC(=O)NCC(=O)Nc1ccc(F)c(F)c1. The first-order valence-corrected chi connectivity index (χ1v) is 9.24. The Morgan fingerprint density at radius 1 is 1.23 bits per heavy atom. The normalized spacial score (nSPS) is 18.9. The van der Waals surface area contributed by atoms with Gasteiger partial charge in [-0.25, -0.2) is 8.78 Å². The van der Waals surface area contributed by atoms with Crippen LogP contribution in [0.4, 0.5) is 14.5 Å². The maximum atomic E-state index is 13.1. The highest BCUT2D eigenvalue weighted by Crippen LogP contribution is 2.24. The minimum absolute atomic E-state index is 0.142. The molecule has 0 spiro atoms. The number of nitrogens with one attached hydrogen (secondary N) is 3. The van der Waals surface area contributed by atoms with E-state index in [1.807, 2.05) is 0 Å². The Balaban J connectivity index is 1.46. The van der Waals surface area contributed by atoms with Crippen molar-refractivity contribution < 1.29 is 23.3 Å². The van der Waals surface area contributed by atoms with Gasteiger partial charge in [0.2, 0.25) is 5.91 Å². The van der Waals surface area contributed by atoms with Crippen molar-refractivity contribution >= 4 is 28.8 Å². The summed E-state index contributed by atoms with van der Waals surface area (Å²) in [5.41, 5.74) is 1.43. The second-order valence-electron chi connectivity index (χ2n) is 6.31. The van der Waals surface area contributed by atoms with Crippen molar-refractivity contribution in [3.8, 4) is 0 Å². The maximum Gasteiger partial charge on any atom is 0.275 e. The molecule has 0 radical (unpaired) electrons. The molecule has 1 aliphatic heterocycles. The Hall–Kier alpha value is -2.32. The van der Waals surface area contributed by atoms with Gasteiger partial charge in [0.1, 0.15) is 6.04 Å². The molecule has 3 rings (SSSR count). The van der Waals surface area contributed by atoms with E-state index in [1.165, 1.54) is 16.5 Å². The van der Waals surface area contributed by atoms with E-state index in [-0.39, 0.29) is 30.7 Å². The van der Waals surface area contributed by atoms with Crippen LogP contribution in [0.15, 0.2) is 29.6 Å². The molecular weight excluding hydrogens is 360 g/mol. The van der Waals surface area contributed by atoms with Crippen LogP contribution in [0.5, 0.6) is 0 Å². The number of quaternary nitrogens is 1. The van der Waals surface area contributed by atoms with Crippen LogP contribution in [0.1, 0.15) is 23.4 Å². The topological polar surface area (TPSA) is 62.6 Å². The average molecular weight is 380 g/mol. The number of halogens is 2. The molecule has 2 amide bonds. The molecule has 1 aliphatic rings. The number of fused-ring (bicyclic) bond motifs is 1. The lowest BCUT2D eigenvalue weighted by molar-refractivity contribution is -0.924. The fourth-order valence-corrected chi connectivity index (χ4v) is 4.10. The van der Waals surface area contributed by atoms with Crippen LogP contribution >= 0.6 is 11.3 Å². The Labute approximate surface area is 154 Å². The summed E-state index contributed by atoms with van der Waals surface area (Å²) in [5.74, 6) is -2.73. The number of carbonyl (C=O) groups excluding carboxylic acids is 2. The molecule has 3 N–H and O–H groups in total. The van der Waals surface area contributed by atoms with E-state index in [1.54, 1.807) is 11.3 Å². The first kappa shape index (κ1) is 18.5. The van der Waals surface area contributed by atoms with Crippen LogP contribution in [0.25, 0.3) is 0 Å². The lowest BCUT2D eigenvalue weighted by Crippen LogP contribution is -3.14. The van der Waals surface area contributed by atoms with Gasteiger partial charge in [0.15, 0.2) is 18.2 Å². The third-order valence-electron chi connectivity index (χ3n) is 4.57. The van der Waals surface area contributed by atoms with Gasteiger partial charge >= 0.3 is 0 Å². The van der Waals surface area contributed by atoms with Crippen LogP contribution < -0.4 is 15.5 Å². The largest absolute Gasteiger partial charge is 0.342 e. The van der Waals surface area contributed by atoms with Gasteiger partial charge in [-0.1, -0.05) is 0 Å². The quantitative estimate of drug-likeness (QED) is 0.732. The molecular formula is C18H20F2N3O2S+. The van der Waals surface area contributed by atoms with Crippen molar-refractivity contribution in [1.82, 2.24) is 5.32 Å². The zero-order valence-electron chi connectivity index (χ0n) is 14.3. The Bertz CT molecular complexity index is 825. The minimum Gasteiger partial charge on any atom is -0.342 e. The molecule has 26 heavy (non-hydrogen) atoms. The zero-order valence-corrected chi connectivity index (χ0v) is 15.1. The summed E-state index contributed by atoms with van der Waals surface area (Å²) < 4.78 is 26.0. The standard InChI is InChI=1S/C18H19F2N3O2S/c1-11-13-5-7-26-16(13)4-6-23(11)10-18(25)21-9-17(24)22-12-2-3-14(19)15(20)8-12/h2-3,5,7-8,11H,4,6,9-10H2,1H3,(H,21,25)(H,22,24)/p+1/t11-/m1/s1. The maximum absolute atomic E-state index is 13.1. The van der Waals surface area contributed by atoms with Gasteiger partial charge in [0.25, 0.3) is 5.91 Å². The molecule has 8 heteroatoms. The van der Waals surface area contributed by atoms with E-state index in [4.69, 9.17) is 0 Å². The summed E-state index contributed by atoms with van der Waals surface area (Å²) in [7, 11) is 0. The van der Waals surface area contributed by atoms with Crippen molar-refractivity contribution in [2.45, 2.75) is 19.4 Å². The van der Waals surface area contributed by atoms with E-state index in [9.17, 15) is 18.4 Å². The zero-order chi connectivity index (χ0) is 18.7.